The third kappa shape index (κ3) is 2.34. The van der Waals surface area contributed by atoms with Crippen molar-refractivity contribution in [3.63, 3.8) is 0 Å². The van der Waals surface area contributed by atoms with E-state index in [-0.39, 0.29) is 6.04 Å². The van der Waals surface area contributed by atoms with E-state index in [1.165, 1.54) is 6.33 Å². The van der Waals surface area contributed by atoms with Gasteiger partial charge in [0.15, 0.2) is 0 Å². The zero-order valence-electron chi connectivity index (χ0n) is 11.2. The Bertz CT molecular complexity index is 722. The minimum absolute atomic E-state index is 0.158. The predicted molar refractivity (Wildman–Crippen MR) is 76.0 cm³/mol. The zero-order valence-corrected chi connectivity index (χ0v) is 11.9. The lowest BCUT2D eigenvalue weighted by atomic mass is 10.2. The molecule has 0 saturated carbocycles. The van der Waals surface area contributed by atoms with Gasteiger partial charge in [-0.15, -0.1) is 0 Å². The quantitative estimate of drug-likeness (QED) is 0.749. The van der Waals surface area contributed by atoms with Gasteiger partial charge in [-0.1, -0.05) is 11.6 Å². The fourth-order valence-corrected chi connectivity index (χ4v) is 2.25. The number of rotatable bonds is 4. The topological polar surface area (TPSA) is 68.2 Å². The van der Waals surface area contributed by atoms with Crippen molar-refractivity contribution in [3.05, 3.63) is 41.2 Å². The van der Waals surface area contributed by atoms with Crippen LogP contribution in [0.25, 0.3) is 5.78 Å². The maximum absolute atomic E-state index is 6.13. The summed E-state index contributed by atoms with van der Waals surface area (Å²) in [5.74, 6) is 2.21. The molecule has 6 nitrogen and oxygen atoms in total. The Labute approximate surface area is 120 Å². The number of halogens is 1. The molecule has 3 rings (SSSR count). The number of nitrogens with zero attached hydrogens (tertiary/aromatic N) is 4. The lowest BCUT2D eigenvalue weighted by Gasteiger charge is -2.17. The van der Waals surface area contributed by atoms with Crippen molar-refractivity contribution in [1.29, 1.82) is 0 Å². The fourth-order valence-electron chi connectivity index (χ4n) is 2.08. The first-order valence-corrected chi connectivity index (χ1v) is 6.67. The molecule has 0 spiro atoms. The van der Waals surface area contributed by atoms with Crippen LogP contribution in [0.4, 0.5) is 5.82 Å². The van der Waals surface area contributed by atoms with Gasteiger partial charge in [-0.05, 0) is 26.0 Å². The first-order valence-electron chi connectivity index (χ1n) is 6.30. The largest absolute Gasteiger partial charge is 0.469 e. The van der Waals surface area contributed by atoms with Crippen molar-refractivity contribution >= 4 is 23.2 Å². The van der Waals surface area contributed by atoms with E-state index in [1.54, 1.807) is 10.8 Å². The number of nitrogens with one attached hydrogen (secondary N) is 1. The minimum atomic E-state index is 0.158. The van der Waals surface area contributed by atoms with E-state index in [0.717, 1.165) is 23.6 Å². The molecule has 0 aliphatic heterocycles. The fraction of sp³-hybridized carbons (Fsp3) is 0.308. The first-order chi connectivity index (χ1) is 9.65. The van der Waals surface area contributed by atoms with E-state index in [9.17, 15) is 0 Å². The Kier molecular flexibility index (Phi) is 3.31. The SMILES string of the molecule is Cc1c(Cl)nc2ncnn2c1NC(C)Cc1ccco1. The molecule has 0 aliphatic rings. The van der Waals surface area contributed by atoms with E-state index in [4.69, 9.17) is 16.0 Å². The van der Waals surface area contributed by atoms with Gasteiger partial charge in [-0.25, -0.2) is 0 Å². The van der Waals surface area contributed by atoms with Crippen LogP contribution in [-0.2, 0) is 6.42 Å². The summed E-state index contributed by atoms with van der Waals surface area (Å²) in [4.78, 5) is 8.24. The second-order valence-corrected chi connectivity index (χ2v) is 5.03. The van der Waals surface area contributed by atoms with Gasteiger partial charge in [0.05, 0.1) is 6.26 Å². The Morgan fingerprint density at radius 3 is 3.10 bits per heavy atom. The molecule has 20 heavy (non-hydrogen) atoms. The summed E-state index contributed by atoms with van der Waals surface area (Å²) in [6, 6.07) is 3.99. The lowest BCUT2D eigenvalue weighted by Crippen LogP contribution is -2.21. The van der Waals surface area contributed by atoms with E-state index in [0.29, 0.717) is 10.9 Å². The number of fused-ring (bicyclic) bond motifs is 1. The van der Waals surface area contributed by atoms with Gasteiger partial charge in [0.25, 0.3) is 5.78 Å². The molecule has 0 fully saturated rings. The van der Waals surface area contributed by atoms with Crippen LogP contribution in [0.1, 0.15) is 18.2 Å². The Hall–Kier alpha value is -2.08. The van der Waals surface area contributed by atoms with Gasteiger partial charge < -0.3 is 9.73 Å². The molecule has 3 aromatic heterocycles. The second kappa shape index (κ2) is 5.13. The van der Waals surface area contributed by atoms with Crippen LogP contribution in [0.3, 0.4) is 0 Å². The Balaban J connectivity index is 1.89. The monoisotopic (exact) mass is 291 g/mol. The molecule has 1 N–H and O–H groups in total. The highest BCUT2D eigenvalue weighted by Crippen LogP contribution is 2.23. The van der Waals surface area contributed by atoms with Crippen molar-refractivity contribution in [2.75, 3.05) is 5.32 Å². The van der Waals surface area contributed by atoms with Crippen LogP contribution in [0.2, 0.25) is 5.15 Å². The maximum atomic E-state index is 6.13. The highest BCUT2D eigenvalue weighted by molar-refractivity contribution is 6.30. The summed E-state index contributed by atoms with van der Waals surface area (Å²) in [5, 5.41) is 7.99. The highest BCUT2D eigenvalue weighted by Gasteiger charge is 2.15. The predicted octanol–water partition coefficient (Wildman–Crippen LogP) is 2.72. The standard InChI is InChI=1S/C13H14ClN5O/c1-8(6-10-4-3-5-20-10)17-12-9(2)11(14)18-13-15-7-16-19(12)13/h3-5,7-8,17H,6H2,1-2H3. The van der Waals surface area contributed by atoms with Crippen molar-refractivity contribution in [1.82, 2.24) is 19.6 Å². The van der Waals surface area contributed by atoms with E-state index in [1.807, 2.05) is 19.1 Å². The lowest BCUT2D eigenvalue weighted by molar-refractivity contribution is 0.497. The second-order valence-electron chi connectivity index (χ2n) is 4.68. The number of hydrogen-bond donors (Lipinski definition) is 1. The summed E-state index contributed by atoms with van der Waals surface area (Å²) in [6.45, 7) is 3.97. The zero-order chi connectivity index (χ0) is 14.1. The average Bonchev–Trinajstić information content (AvgIpc) is 3.05. The van der Waals surface area contributed by atoms with Gasteiger partial charge in [-0.3, -0.25) is 0 Å². The highest BCUT2D eigenvalue weighted by atomic mass is 35.5. The molecule has 3 aromatic rings. The molecule has 0 aliphatic carbocycles. The van der Waals surface area contributed by atoms with Gasteiger partial charge in [-0.2, -0.15) is 19.6 Å². The van der Waals surface area contributed by atoms with Crippen molar-refractivity contribution in [2.45, 2.75) is 26.3 Å². The molecule has 3 heterocycles. The molecule has 0 amide bonds. The maximum Gasteiger partial charge on any atom is 0.255 e. The summed E-state index contributed by atoms with van der Waals surface area (Å²) < 4.78 is 7.01. The van der Waals surface area contributed by atoms with Crippen LogP contribution in [0.5, 0.6) is 0 Å². The molecule has 1 atom stereocenters. The van der Waals surface area contributed by atoms with E-state index < -0.39 is 0 Å². The van der Waals surface area contributed by atoms with E-state index >= 15 is 0 Å². The smallest absolute Gasteiger partial charge is 0.255 e. The Morgan fingerprint density at radius 1 is 1.50 bits per heavy atom. The summed E-state index contributed by atoms with van der Waals surface area (Å²) in [5.41, 5.74) is 0.843. The normalized spacial score (nSPS) is 12.8. The van der Waals surface area contributed by atoms with Crippen LogP contribution in [-0.4, -0.2) is 25.6 Å². The molecule has 104 valence electrons. The first kappa shape index (κ1) is 12.9. The molecule has 7 heteroatoms. The van der Waals surface area contributed by atoms with Crippen LogP contribution >= 0.6 is 11.6 Å². The van der Waals surface area contributed by atoms with Gasteiger partial charge in [0, 0.05) is 18.0 Å². The van der Waals surface area contributed by atoms with Crippen LogP contribution in [0.15, 0.2) is 29.1 Å². The van der Waals surface area contributed by atoms with Gasteiger partial charge in [0.1, 0.15) is 23.1 Å². The molecular formula is C13H14ClN5O. The molecule has 1 unspecified atom stereocenters. The van der Waals surface area contributed by atoms with Crippen molar-refractivity contribution in [2.24, 2.45) is 0 Å². The van der Waals surface area contributed by atoms with Gasteiger partial charge >= 0.3 is 0 Å². The number of aromatic nitrogens is 4. The minimum Gasteiger partial charge on any atom is -0.469 e. The number of anilines is 1. The number of hydrogen-bond acceptors (Lipinski definition) is 5. The third-order valence-electron chi connectivity index (χ3n) is 3.07. The Morgan fingerprint density at radius 2 is 2.35 bits per heavy atom. The molecule has 0 saturated heterocycles. The molecule has 0 bridgehead atoms. The molecular weight excluding hydrogens is 278 g/mol. The summed E-state index contributed by atoms with van der Waals surface area (Å²) >= 11 is 6.13. The summed E-state index contributed by atoms with van der Waals surface area (Å²) in [6.07, 6.45) is 3.90. The molecule has 0 aromatic carbocycles. The number of furan rings is 1. The third-order valence-corrected chi connectivity index (χ3v) is 3.44. The van der Waals surface area contributed by atoms with Crippen LogP contribution < -0.4 is 5.32 Å². The average molecular weight is 292 g/mol. The van der Waals surface area contributed by atoms with Crippen molar-refractivity contribution < 1.29 is 4.42 Å². The molecule has 0 radical (unpaired) electrons. The summed E-state index contributed by atoms with van der Waals surface area (Å²) in [7, 11) is 0. The van der Waals surface area contributed by atoms with Crippen LogP contribution in [0, 0.1) is 6.92 Å². The van der Waals surface area contributed by atoms with Gasteiger partial charge in [0.2, 0.25) is 0 Å². The van der Waals surface area contributed by atoms with E-state index in [2.05, 4.69) is 27.3 Å². The van der Waals surface area contributed by atoms with Crippen molar-refractivity contribution in [3.8, 4) is 0 Å².